The molecule has 2 unspecified atom stereocenters. The zero-order valence-electron chi connectivity index (χ0n) is 18.4. The first kappa shape index (κ1) is 24.5. The van der Waals surface area contributed by atoms with E-state index in [4.69, 9.17) is 9.79 Å². The first-order valence-corrected chi connectivity index (χ1v) is 12.0. The van der Waals surface area contributed by atoms with E-state index in [1.54, 1.807) is 18.5 Å². The van der Waals surface area contributed by atoms with Gasteiger partial charge in [0, 0.05) is 18.7 Å². The van der Waals surface area contributed by atoms with Gasteiger partial charge in [0.1, 0.15) is 29.0 Å². The molecule has 0 spiro atoms. The van der Waals surface area contributed by atoms with Crippen molar-refractivity contribution < 1.29 is 37.8 Å². The minimum absolute atomic E-state index is 0.00531. The number of imidazole rings is 2. The molecule has 4 aromatic rings. The smallest absolute Gasteiger partial charge is 0.328 e. The van der Waals surface area contributed by atoms with Gasteiger partial charge in [0.2, 0.25) is 0 Å². The molecule has 0 aliphatic heterocycles. The van der Waals surface area contributed by atoms with Crippen LogP contribution in [0.3, 0.4) is 0 Å². The van der Waals surface area contributed by atoms with Gasteiger partial charge >= 0.3 is 13.6 Å². The Labute approximate surface area is 196 Å². The normalized spacial score (nSPS) is 13.8. The number of H-pyrrole nitrogens is 1. The van der Waals surface area contributed by atoms with Crippen molar-refractivity contribution >= 4 is 41.5 Å². The Kier molecular flexibility index (Phi) is 6.18. The van der Waals surface area contributed by atoms with Crippen molar-refractivity contribution in [3.05, 3.63) is 59.2 Å². The van der Waals surface area contributed by atoms with Crippen LogP contribution >= 0.6 is 7.60 Å². The number of carboxylic acid groups (broad SMARTS) is 1. The van der Waals surface area contributed by atoms with Crippen molar-refractivity contribution in [1.82, 2.24) is 24.8 Å². The summed E-state index contributed by atoms with van der Waals surface area (Å²) in [7, 11) is -3.01. The van der Waals surface area contributed by atoms with Gasteiger partial charge in [-0.3, -0.25) is 9.36 Å². The second kappa shape index (κ2) is 8.84. The first-order valence-electron chi connectivity index (χ1n) is 10.2. The molecule has 0 aliphatic carbocycles. The third-order valence-electron chi connectivity index (χ3n) is 5.52. The van der Waals surface area contributed by atoms with Crippen LogP contribution in [0.4, 0.5) is 8.78 Å². The zero-order valence-corrected chi connectivity index (χ0v) is 19.3. The van der Waals surface area contributed by atoms with E-state index in [2.05, 4.69) is 20.3 Å². The van der Waals surface area contributed by atoms with E-state index >= 15 is 0 Å². The van der Waals surface area contributed by atoms with Gasteiger partial charge in [0.15, 0.2) is 5.82 Å². The number of rotatable bonds is 7. The molecule has 14 heteroatoms. The lowest BCUT2D eigenvalue weighted by molar-refractivity contribution is -0.138. The molecule has 0 saturated heterocycles. The number of aliphatic carboxylic acids is 1. The summed E-state index contributed by atoms with van der Waals surface area (Å²) in [6.07, 6.45) is -1.05. The van der Waals surface area contributed by atoms with Crippen LogP contribution < -0.4 is 5.32 Å². The summed E-state index contributed by atoms with van der Waals surface area (Å²) < 4.78 is 40.4. The number of hydrogen-bond donors (Lipinski definition) is 5. The fraction of sp³-hybridized carbons (Fsp3) is 0.238. The molecule has 2 aromatic heterocycles. The van der Waals surface area contributed by atoms with E-state index in [-0.39, 0.29) is 16.6 Å². The van der Waals surface area contributed by atoms with Gasteiger partial charge < -0.3 is 29.8 Å². The molecule has 0 radical (unpaired) electrons. The Morgan fingerprint density at radius 2 is 1.91 bits per heavy atom. The number of halogens is 2. The Hall–Kier alpha value is -3.67. The van der Waals surface area contributed by atoms with Gasteiger partial charge in [0.05, 0.1) is 28.6 Å². The lowest BCUT2D eigenvalue weighted by Gasteiger charge is -2.15. The summed E-state index contributed by atoms with van der Waals surface area (Å²) in [6, 6.07) is 4.49. The Balaban J connectivity index is 1.65. The number of aromatic amines is 1. The molecule has 0 saturated carbocycles. The highest BCUT2D eigenvalue weighted by Gasteiger charge is 2.29. The maximum absolute atomic E-state index is 14.1. The molecular weight excluding hydrogens is 487 g/mol. The number of amides is 1. The number of fused-ring (bicyclic) bond motifs is 2. The topological polar surface area (TPSA) is 170 Å². The molecule has 184 valence electrons. The van der Waals surface area contributed by atoms with Gasteiger partial charge in [-0.25, -0.2) is 23.5 Å². The molecule has 2 atom stereocenters. The molecule has 5 N–H and O–H groups in total. The largest absolute Gasteiger partial charge is 0.480 e. The third-order valence-corrected chi connectivity index (χ3v) is 6.36. The van der Waals surface area contributed by atoms with Gasteiger partial charge in [-0.15, -0.1) is 0 Å². The van der Waals surface area contributed by atoms with Crippen molar-refractivity contribution in [3.63, 3.8) is 0 Å². The molecule has 2 heterocycles. The maximum atomic E-state index is 14.1. The minimum Gasteiger partial charge on any atom is -0.480 e. The second-order valence-electron chi connectivity index (χ2n) is 8.07. The number of aromatic nitrogens is 4. The highest BCUT2D eigenvalue weighted by atomic mass is 31.2. The molecular formula is C21H20F2N5O6P. The monoisotopic (exact) mass is 507 g/mol. The predicted molar refractivity (Wildman–Crippen MR) is 120 cm³/mol. The standard InChI is InChI=1S/C21H20F2N5O6P/c1-9(18-24-14-7-11(22)6-12(23)17(14)27-18)19-25-13-4-3-10(5-16(13)28(19)2)20(29)26-15(21(30)31)8-35(32,33)34/h3-7,9,15H,8H2,1-2H3,(H,24,27)(H,26,29)(H,30,31)(H2,32,33,34). The third kappa shape index (κ3) is 4.92. The number of nitrogens with one attached hydrogen (secondary N) is 2. The number of hydrogen-bond acceptors (Lipinski definition) is 5. The fourth-order valence-corrected chi connectivity index (χ4v) is 4.51. The van der Waals surface area contributed by atoms with Crippen LogP contribution in [0.25, 0.3) is 22.1 Å². The first-order chi connectivity index (χ1) is 16.3. The second-order valence-corrected chi connectivity index (χ2v) is 9.77. The highest BCUT2D eigenvalue weighted by molar-refractivity contribution is 7.51. The molecule has 4 rings (SSSR count). The predicted octanol–water partition coefficient (Wildman–Crippen LogP) is 2.24. The number of carbonyl (C=O) groups excluding carboxylic acids is 1. The highest BCUT2D eigenvalue weighted by Crippen LogP contribution is 2.35. The van der Waals surface area contributed by atoms with Crippen LogP contribution in [0, 0.1) is 11.6 Å². The molecule has 11 nitrogen and oxygen atoms in total. The van der Waals surface area contributed by atoms with Gasteiger partial charge in [-0.2, -0.15) is 0 Å². The SMILES string of the molecule is CC(c1nc2c(F)cc(F)cc2[nH]1)c1nc2ccc(C(=O)NC(CP(=O)(O)O)C(=O)O)cc2n1C. The van der Waals surface area contributed by atoms with Crippen LogP contribution in [0.5, 0.6) is 0 Å². The Morgan fingerprint density at radius 1 is 1.20 bits per heavy atom. The Morgan fingerprint density at radius 3 is 2.57 bits per heavy atom. The van der Waals surface area contributed by atoms with Crippen LogP contribution in [0.2, 0.25) is 0 Å². The number of benzene rings is 2. The van der Waals surface area contributed by atoms with Crippen LogP contribution in [0.15, 0.2) is 30.3 Å². The number of carboxylic acids is 1. The lowest BCUT2D eigenvalue weighted by Crippen LogP contribution is -2.43. The average Bonchev–Trinajstić information content (AvgIpc) is 3.33. The van der Waals surface area contributed by atoms with E-state index in [9.17, 15) is 28.0 Å². The minimum atomic E-state index is -4.69. The van der Waals surface area contributed by atoms with E-state index < -0.39 is 49.2 Å². The molecule has 0 aliphatic rings. The van der Waals surface area contributed by atoms with Crippen molar-refractivity contribution in [1.29, 1.82) is 0 Å². The van der Waals surface area contributed by atoms with E-state index in [1.165, 1.54) is 18.2 Å². The molecule has 1 amide bonds. The number of nitrogens with zero attached hydrogens (tertiary/aromatic N) is 3. The summed E-state index contributed by atoms with van der Waals surface area (Å²) >= 11 is 0. The van der Waals surface area contributed by atoms with Crippen LogP contribution in [-0.2, 0) is 16.4 Å². The van der Waals surface area contributed by atoms with Crippen molar-refractivity contribution in [2.75, 3.05) is 6.16 Å². The van der Waals surface area contributed by atoms with Crippen LogP contribution in [0.1, 0.15) is 34.8 Å². The van der Waals surface area contributed by atoms with E-state index in [0.717, 1.165) is 12.1 Å². The summed E-state index contributed by atoms with van der Waals surface area (Å²) in [6.45, 7) is 1.76. The zero-order chi connectivity index (χ0) is 25.7. The van der Waals surface area contributed by atoms with Crippen molar-refractivity contribution in [2.24, 2.45) is 7.05 Å². The van der Waals surface area contributed by atoms with Gasteiger partial charge in [-0.1, -0.05) is 0 Å². The number of aryl methyl sites for hydroxylation is 1. The number of carbonyl (C=O) groups is 2. The Bertz CT molecular complexity index is 1530. The fourth-order valence-electron chi connectivity index (χ4n) is 3.79. The summed E-state index contributed by atoms with van der Waals surface area (Å²) in [5, 5.41) is 11.3. The maximum Gasteiger partial charge on any atom is 0.328 e. The van der Waals surface area contributed by atoms with Crippen molar-refractivity contribution in [2.45, 2.75) is 18.9 Å². The average molecular weight is 507 g/mol. The van der Waals surface area contributed by atoms with E-state index in [0.29, 0.717) is 22.7 Å². The summed E-state index contributed by atoms with van der Waals surface area (Å²) in [5.74, 6) is -3.57. The quantitative estimate of drug-likeness (QED) is 0.237. The molecule has 0 fully saturated rings. The lowest BCUT2D eigenvalue weighted by atomic mass is 10.1. The van der Waals surface area contributed by atoms with Crippen molar-refractivity contribution in [3.8, 4) is 0 Å². The van der Waals surface area contributed by atoms with Gasteiger partial charge in [-0.05, 0) is 31.2 Å². The summed E-state index contributed by atoms with van der Waals surface area (Å²) in [4.78, 5) is 53.7. The van der Waals surface area contributed by atoms with Crippen LogP contribution in [-0.4, -0.2) is 58.5 Å². The molecule has 2 aromatic carbocycles. The summed E-state index contributed by atoms with van der Waals surface area (Å²) in [5.41, 5.74) is 1.26. The molecule has 35 heavy (non-hydrogen) atoms. The molecule has 0 bridgehead atoms. The van der Waals surface area contributed by atoms with E-state index in [1.807, 2.05) is 0 Å². The van der Waals surface area contributed by atoms with Gasteiger partial charge in [0.25, 0.3) is 5.91 Å².